The van der Waals surface area contributed by atoms with E-state index in [1.54, 1.807) is 24.3 Å². The Kier molecular flexibility index (Phi) is 6.28. The highest BCUT2D eigenvalue weighted by atomic mass is 16.6. The molecule has 0 aliphatic carbocycles. The number of allylic oxidation sites excluding steroid dienone is 1. The van der Waals surface area contributed by atoms with Gasteiger partial charge in [-0.3, -0.25) is 10.1 Å². The second-order valence-electron chi connectivity index (χ2n) is 8.34. The zero-order valence-corrected chi connectivity index (χ0v) is 18.7. The molecular formula is C25H23N7O2. The molecule has 1 fully saturated rings. The summed E-state index contributed by atoms with van der Waals surface area (Å²) in [5.41, 5.74) is 8.12. The molecule has 2 aromatic carbocycles. The summed E-state index contributed by atoms with van der Waals surface area (Å²) in [6.45, 7) is 3.67. The monoisotopic (exact) mass is 453 g/mol. The normalized spacial score (nSPS) is 16.0. The van der Waals surface area contributed by atoms with Gasteiger partial charge in [-0.1, -0.05) is 31.2 Å². The number of aromatic nitrogens is 2. The number of nitrogen functional groups attached to an aromatic ring is 1. The van der Waals surface area contributed by atoms with E-state index in [2.05, 4.69) is 18.1 Å². The van der Waals surface area contributed by atoms with Gasteiger partial charge in [0.2, 0.25) is 0 Å². The molecule has 170 valence electrons. The van der Waals surface area contributed by atoms with Crippen molar-refractivity contribution in [3.8, 4) is 17.8 Å². The highest BCUT2D eigenvalue weighted by Crippen LogP contribution is 2.34. The van der Waals surface area contributed by atoms with Gasteiger partial charge in [0.1, 0.15) is 34.9 Å². The molecule has 9 nitrogen and oxygen atoms in total. The van der Waals surface area contributed by atoms with Crippen LogP contribution in [-0.4, -0.2) is 27.8 Å². The number of piperidine rings is 1. The van der Waals surface area contributed by atoms with E-state index in [0.29, 0.717) is 22.9 Å². The van der Waals surface area contributed by atoms with Crippen molar-refractivity contribution >= 4 is 28.8 Å². The Bertz CT molecular complexity index is 1350. The number of nitrogens with zero attached hydrogens (tertiary/aromatic N) is 6. The fraction of sp³-hybridized carbons (Fsp3) is 0.240. The van der Waals surface area contributed by atoms with Crippen molar-refractivity contribution in [3.63, 3.8) is 0 Å². The van der Waals surface area contributed by atoms with Crippen molar-refractivity contribution in [2.75, 3.05) is 23.7 Å². The van der Waals surface area contributed by atoms with Crippen molar-refractivity contribution in [3.05, 3.63) is 75.5 Å². The highest BCUT2D eigenvalue weighted by molar-refractivity contribution is 5.92. The first-order valence-electron chi connectivity index (χ1n) is 10.9. The lowest BCUT2D eigenvalue weighted by Crippen LogP contribution is -2.34. The molecule has 2 heterocycles. The van der Waals surface area contributed by atoms with Crippen molar-refractivity contribution in [2.24, 2.45) is 5.92 Å². The van der Waals surface area contributed by atoms with E-state index in [1.165, 1.54) is 16.8 Å². The van der Waals surface area contributed by atoms with E-state index in [0.717, 1.165) is 25.9 Å². The lowest BCUT2D eigenvalue weighted by Gasteiger charge is -2.32. The van der Waals surface area contributed by atoms with Gasteiger partial charge in [-0.05, 0) is 48.6 Å². The minimum atomic E-state index is -0.402. The molecule has 4 rings (SSSR count). The molecule has 0 spiro atoms. The highest BCUT2D eigenvalue weighted by Gasteiger charge is 2.25. The number of nitrogens with two attached hydrogens (primary N) is 1. The van der Waals surface area contributed by atoms with E-state index in [9.17, 15) is 20.6 Å². The van der Waals surface area contributed by atoms with Crippen LogP contribution in [0.15, 0.2) is 48.5 Å². The Morgan fingerprint density at radius 3 is 2.68 bits per heavy atom. The maximum absolute atomic E-state index is 11.8. The fourth-order valence-electron chi connectivity index (χ4n) is 4.27. The molecule has 3 aromatic rings. The van der Waals surface area contributed by atoms with Gasteiger partial charge in [0, 0.05) is 19.2 Å². The minimum Gasteiger partial charge on any atom is -0.382 e. The second-order valence-corrected chi connectivity index (χ2v) is 8.34. The molecule has 0 saturated carbocycles. The van der Waals surface area contributed by atoms with Gasteiger partial charge in [0.15, 0.2) is 0 Å². The van der Waals surface area contributed by atoms with Gasteiger partial charge in [-0.2, -0.15) is 15.6 Å². The molecule has 9 heteroatoms. The zero-order chi connectivity index (χ0) is 24.2. The number of nitro benzene ring substituents is 1. The number of hydrogen-bond acceptors (Lipinski definition) is 7. The Labute approximate surface area is 197 Å². The predicted molar refractivity (Wildman–Crippen MR) is 130 cm³/mol. The molecule has 2 N–H and O–H groups in total. The first-order chi connectivity index (χ1) is 16.4. The third-order valence-electron chi connectivity index (χ3n) is 5.91. The second kappa shape index (κ2) is 9.47. The largest absolute Gasteiger partial charge is 0.382 e. The molecule has 1 atom stereocenters. The van der Waals surface area contributed by atoms with Gasteiger partial charge in [-0.25, -0.2) is 4.68 Å². The smallest absolute Gasteiger partial charge is 0.293 e. The molecule has 0 bridgehead atoms. The summed E-state index contributed by atoms with van der Waals surface area (Å²) < 4.78 is 1.40. The molecular weight excluding hydrogens is 430 g/mol. The summed E-state index contributed by atoms with van der Waals surface area (Å²) in [5, 5.41) is 35.8. The van der Waals surface area contributed by atoms with Crippen LogP contribution in [0.1, 0.15) is 36.6 Å². The fourth-order valence-corrected chi connectivity index (χ4v) is 4.27. The number of benzene rings is 2. The molecule has 1 aliphatic rings. The predicted octanol–water partition coefficient (Wildman–Crippen LogP) is 4.53. The minimum absolute atomic E-state index is 0.0185. The van der Waals surface area contributed by atoms with Crippen molar-refractivity contribution in [1.29, 1.82) is 10.5 Å². The van der Waals surface area contributed by atoms with Gasteiger partial charge in [0.25, 0.3) is 5.69 Å². The van der Waals surface area contributed by atoms with E-state index < -0.39 is 4.92 Å². The molecule has 0 amide bonds. The number of anilines is 2. The first kappa shape index (κ1) is 22.6. The molecule has 34 heavy (non-hydrogen) atoms. The van der Waals surface area contributed by atoms with Gasteiger partial charge < -0.3 is 10.6 Å². The average Bonchev–Trinajstić information content (AvgIpc) is 3.18. The lowest BCUT2D eigenvalue weighted by molar-refractivity contribution is -0.384. The number of para-hydroxylation sites is 1. The maximum atomic E-state index is 11.8. The van der Waals surface area contributed by atoms with Crippen LogP contribution in [0.25, 0.3) is 17.3 Å². The van der Waals surface area contributed by atoms with E-state index in [-0.39, 0.29) is 28.3 Å². The molecule has 1 aromatic heterocycles. The van der Waals surface area contributed by atoms with Crippen LogP contribution >= 0.6 is 0 Å². The SMILES string of the molecule is C[C@H]1CCCN(c2ccc(/C=C(\C#N)c3nn(-c4ccccc4)c(N)c3C#N)cc2[N+](=O)[O-])C1. The Morgan fingerprint density at radius 2 is 2.03 bits per heavy atom. The number of hydrogen-bond donors (Lipinski definition) is 1. The Hall–Kier alpha value is -4.63. The van der Waals surface area contributed by atoms with Crippen molar-refractivity contribution in [2.45, 2.75) is 19.8 Å². The summed E-state index contributed by atoms with van der Waals surface area (Å²) in [7, 11) is 0. The molecule has 0 unspecified atom stereocenters. The van der Waals surface area contributed by atoms with Crippen LogP contribution in [0.4, 0.5) is 17.2 Å². The molecule has 1 saturated heterocycles. The summed E-state index contributed by atoms with van der Waals surface area (Å²) >= 11 is 0. The van der Waals surface area contributed by atoms with Crippen molar-refractivity contribution in [1.82, 2.24) is 9.78 Å². The standard InChI is InChI=1S/C25H23N7O2/c1-17-6-5-11-30(16-17)22-10-9-18(13-23(22)32(33)34)12-19(14-26)24-21(15-27)25(28)31(29-24)20-7-3-2-4-8-20/h2-4,7-10,12-13,17H,5-6,11,16,28H2,1H3/b19-12+/t17-/m0/s1. The third-order valence-corrected chi connectivity index (χ3v) is 5.91. The van der Waals surface area contributed by atoms with Crippen LogP contribution in [0.2, 0.25) is 0 Å². The van der Waals surface area contributed by atoms with Crippen LogP contribution in [-0.2, 0) is 0 Å². The van der Waals surface area contributed by atoms with Crippen LogP contribution in [0.3, 0.4) is 0 Å². The molecule has 1 aliphatic heterocycles. The van der Waals surface area contributed by atoms with Crippen molar-refractivity contribution < 1.29 is 4.92 Å². The quantitative estimate of drug-likeness (QED) is 0.340. The molecule has 0 radical (unpaired) electrons. The maximum Gasteiger partial charge on any atom is 0.293 e. The lowest BCUT2D eigenvalue weighted by atomic mass is 9.99. The van der Waals surface area contributed by atoms with Crippen LogP contribution in [0, 0.1) is 38.7 Å². The summed E-state index contributed by atoms with van der Waals surface area (Å²) in [6.07, 6.45) is 3.59. The first-order valence-corrected chi connectivity index (χ1v) is 10.9. The van der Waals surface area contributed by atoms with Gasteiger partial charge in [0.05, 0.1) is 16.2 Å². The number of rotatable bonds is 5. The zero-order valence-electron chi connectivity index (χ0n) is 18.7. The number of nitro groups is 1. The third kappa shape index (κ3) is 4.32. The summed E-state index contributed by atoms with van der Waals surface area (Å²) in [5.74, 6) is 0.582. The van der Waals surface area contributed by atoms with E-state index >= 15 is 0 Å². The van der Waals surface area contributed by atoms with E-state index in [1.807, 2.05) is 29.2 Å². The summed E-state index contributed by atoms with van der Waals surface area (Å²) in [4.78, 5) is 13.5. The Morgan fingerprint density at radius 1 is 1.26 bits per heavy atom. The number of nitriles is 2. The Balaban J connectivity index is 1.76. The van der Waals surface area contributed by atoms with Gasteiger partial charge >= 0.3 is 0 Å². The average molecular weight is 454 g/mol. The van der Waals surface area contributed by atoms with Crippen LogP contribution in [0.5, 0.6) is 0 Å². The topological polar surface area (TPSA) is 138 Å². The summed E-state index contributed by atoms with van der Waals surface area (Å²) in [6, 6.07) is 18.0. The van der Waals surface area contributed by atoms with Gasteiger partial charge in [-0.15, -0.1) is 0 Å². The van der Waals surface area contributed by atoms with E-state index in [4.69, 9.17) is 5.73 Å². The van der Waals surface area contributed by atoms with Crippen LogP contribution < -0.4 is 10.6 Å².